The zero-order valence-corrected chi connectivity index (χ0v) is 9.64. The molecule has 0 aliphatic heterocycles. The molecule has 2 aromatic rings. The van der Waals surface area contributed by atoms with Crippen molar-refractivity contribution < 1.29 is 4.79 Å². The van der Waals surface area contributed by atoms with E-state index in [1.165, 1.54) is 23.1 Å². The Morgan fingerprint density at radius 3 is 2.93 bits per heavy atom. The van der Waals surface area contributed by atoms with Crippen molar-refractivity contribution in [2.45, 2.75) is 16.3 Å². The molecule has 2 rings (SSSR count). The van der Waals surface area contributed by atoms with Crippen LogP contribution in [0.4, 0.5) is 0 Å². The Morgan fingerprint density at radius 1 is 1.40 bits per heavy atom. The molecule has 0 aliphatic carbocycles. The highest BCUT2D eigenvalue weighted by Crippen LogP contribution is 2.30. The number of carbonyl (C=O) groups excluding carboxylic acids is 1. The molecule has 76 valence electrons. The Morgan fingerprint density at radius 2 is 2.27 bits per heavy atom. The number of hydrogen-bond donors (Lipinski definition) is 0. The molecule has 0 amide bonds. The summed E-state index contributed by atoms with van der Waals surface area (Å²) in [5.41, 5.74) is 0.944. The summed E-state index contributed by atoms with van der Waals surface area (Å²) < 4.78 is 1.03. The molecule has 0 unspecified atom stereocenters. The maximum Gasteiger partial charge on any atom is 0.193 e. The van der Waals surface area contributed by atoms with Crippen LogP contribution in [0.5, 0.6) is 0 Å². The molecule has 2 aromatic heterocycles. The molecule has 0 saturated heterocycles. The van der Waals surface area contributed by atoms with Gasteiger partial charge in [-0.25, -0.2) is 9.97 Å². The minimum absolute atomic E-state index is 0.717. The lowest BCUT2D eigenvalue weighted by molar-refractivity contribution is 0.112. The van der Waals surface area contributed by atoms with Crippen LogP contribution in [-0.4, -0.2) is 16.3 Å². The summed E-state index contributed by atoms with van der Waals surface area (Å²) >= 11 is 2.92. The first-order chi connectivity index (χ1) is 7.28. The number of nitrogens with zero attached hydrogens (tertiary/aromatic N) is 2. The van der Waals surface area contributed by atoms with Crippen LogP contribution in [0, 0.1) is 6.92 Å². The van der Waals surface area contributed by atoms with Gasteiger partial charge < -0.3 is 0 Å². The summed E-state index contributed by atoms with van der Waals surface area (Å²) in [6.07, 6.45) is 2.59. The number of aromatic nitrogens is 2. The van der Waals surface area contributed by atoms with Crippen molar-refractivity contribution >= 4 is 29.4 Å². The van der Waals surface area contributed by atoms with E-state index in [1.54, 1.807) is 12.3 Å². The van der Waals surface area contributed by atoms with E-state index in [1.807, 2.05) is 19.1 Å². The van der Waals surface area contributed by atoms with Crippen LogP contribution in [0.25, 0.3) is 0 Å². The molecule has 2 heterocycles. The zero-order chi connectivity index (χ0) is 10.7. The monoisotopic (exact) mass is 236 g/mol. The predicted octanol–water partition coefficient (Wildman–Crippen LogP) is 2.81. The van der Waals surface area contributed by atoms with Crippen LogP contribution >= 0.6 is 23.1 Å². The average molecular weight is 236 g/mol. The van der Waals surface area contributed by atoms with Gasteiger partial charge >= 0.3 is 0 Å². The van der Waals surface area contributed by atoms with Crippen molar-refractivity contribution in [1.82, 2.24) is 9.97 Å². The maximum absolute atomic E-state index is 10.5. The molecular weight excluding hydrogens is 228 g/mol. The van der Waals surface area contributed by atoms with E-state index in [4.69, 9.17) is 0 Å². The Balaban J connectivity index is 2.18. The van der Waals surface area contributed by atoms with Gasteiger partial charge in [0.1, 0.15) is 0 Å². The van der Waals surface area contributed by atoms with Crippen LogP contribution in [-0.2, 0) is 0 Å². The van der Waals surface area contributed by atoms with Gasteiger partial charge in [0.15, 0.2) is 11.4 Å². The van der Waals surface area contributed by atoms with Gasteiger partial charge in [0, 0.05) is 11.9 Å². The second-order valence-electron chi connectivity index (χ2n) is 2.86. The fourth-order valence-electron chi connectivity index (χ4n) is 1.02. The van der Waals surface area contributed by atoms with Crippen LogP contribution in [0.1, 0.15) is 15.4 Å². The Bertz CT molecular complexity index is 482. The molecule has 0 atom stereocenters. The molecule has 0 N–H and O–H groups in total. The van der Waals surface area contributed by atoms with Crippen LogP contribution in [0.3, 0.4) is 0 Å². The third-order valence-corrected chi connectivity index (χ3v) is 3.70. The molecule has 0 saturated carbocycles. The van der Waals surface area contributed by atoms with E-state index in [2.05, 4.69) is 9.97 Å². The standard InChI is InChI=1S/C10H8N2OS2/c1-7-4-5-11-10(12-7)15-9-3-2-8(6-13)14-9/h2-6H,1H3. The summed E-state index contributed by atoms with van der Waals surface area (Å²) in [5, 5.41) is 0.717. The largest absolute Gasteiger partial charge is 0.297 e. The van der Waals surface area contributed by atoms with Crippen molar-refractivity contribution in [3.8, 4) is 0 Å². The molecule has 15 heavy (non-hydrogen) atoms. The minimum atomic E-state index is 0.717. The summed E-state index contributed by atoms with van der Waals surface area (Å²) in [4.78, 5) is 19.6. The third-order valence-electron chi connectivity index (χ3n) is 1.68. The van der Waals surface area contributed by atoms with Gasteiger partial charge in [0.25, 0.3) is 0 Å². The molecule has 0 radical (unpaired) electrons. The number of aldehydes is 1. The van der Waals surface area contributed by atoms with Gasteiger partial charge in [0.2, 0.25) is 0 Å². The normalized spacial score (nSPS) is 10.2. The highest BCUT2D eigenvalue weighted by Gasteiger charge is 2.03. The van der Waals surface area contributed by atoms with E-state index in [0.29, 0.717) is 5.16 Å². The van der Waals surface area contributed by atoms with E-state index >= 15 is 0 Å². The molecule has 0 aromatic carbocycles. The van der Waals surface area contributed by atoms with Crippen LogP contribution in [0.15, 0.2) is 33.8 Å². The molecule has 0 fully saturated rings. The fourth-order valence-corrected chi connectivity index (χ4v) is 2.87. The zero-order valence-electron chi connectivity index (χ0n) is 8.01. The first-order valence-electron chi connectivity index (χ1n) is 4.30. The SMILES string of the molecule is Cc1ccnc(Sc2ccc(C=O)s2)n1. The molecule has 0 aliphatic rings. The fraction of sp³-hybridized carbons (Fsp3) is 0.100. The summed E-state index contributed by atoms with van der Waals surface area (Å²) in [6, 6.07) is 5.57. The van der Waals surface area contributed by atoms with Gasteiger partial charge in [-0.15, -0.1) is 11.3 Å². The van der Waals surface area contributed by atoms with Crippen molar-refractivity contribution in [2.75, 3.05) is 0 Å². The van der Waals surface area contributed by atoms with Crippen molar-refractivity contribution in [3.63, 3.8) is 0 Å². The molecule has 0 bridgehead atoms. The minimum Gasteiger partial charge on any atom is -0.297 e. The Hall–Kier alpha value is -1.20. The highest BCUT2D eigenvalue weighted by atomic mass is 32.2. The van der Waals surface area contributed by atoms with E-state index in [0.717, 1.165) is 21.1 Å². The number of carbonyl (C=O) groups is 1. The summed E-state index contributed by atoms with van der Waals surface area (Å²) in [6.45, 7) is 1.93. The average Bonchev–Trinajstić information content (AvgIpc) is 2.65. The predicted molar refractivity (Wildman–Crippen MR) is 60.6 cm³/mol. The second-order valence-corrected chi connectivity index (χ2v) is 5.24. The lowest BCUT2D eigenvalue weighted by atomic mass is 10.5. The van der Waals surface area contributed by atoms with E-state index in [-0.39, 0.29) is 0 Å². The van der Waals surface area contributed by atoms with Crippen molar-refractivity contribution in [1.29, 1.82) is 0 Å². The summed E-state index contributed by atoms with van der Waals surface area (Å²) in [7, 11) is 0. The molecule has 5 heteroatoms. The second kappa shape index (κ2) is 4.55. The lowest BCUT2D eigenvalue weighted by Crippen LogP contribution is -1.86. The van der Waals surface area contributed by atoms with Gasteiger partial charge in [-0.05, 0) is 36.9 Å². The van der Waals surface area contributed by atoms with Crippen molar-refractivity contribution in [3.05, 3.63) is 35.0 Å². The number of aryl methyl sites for hydroxylation is 1. The third kappa shape index (κ3) is 2.64. The Labute approximate surface area is 95.6 Å². The highest BCUT2D eigenvalue weighted by molar-refractivity contribution is 8.01. The van der Waals surface area contributed by atoms with E-state index < -0.39 is 0 Å². The van der Waals surface area contributed by atoms with Gasteiger partial charge in [-0.1, -0.05) is 0 Å². The van der Waals surface area contributed by atoms with Crippen molar-refractivity contribution in [2.24, 2.45) is 0 Å². The maximum atomic E-state index is 10.5. The first-order valence-corrected chi connectivity index (χ1v) is 5.94. The number of hydrogen-bond acceptors (Lipinski definition) is 5. The quantitative estimate of drug-likeness (QED) is 0.607. The topological polar surface area (TPSA) is 42.9 Å². The number of thiophene rings is 1. The smallest absolute Gasteiger partial charge is 0.193 e. The molecule has 3 nitrogen and oxygen atoms in total. The van der Waals surface area contributed by atoms with Gasteiger partial charge in [0.05, 0.1) is 9.09 Å². The van der Waals surface area contributed by atoms with Gasteiger partial charge in [-0.2, -0.15) is 0 Å². The number of rotatable bonds is 3. The molecule has 0 spiro atoms. The molecular formula is C10H8N2OS2. The van der Waals surface area contributed by atoms with E-state index in [9.17, 15) is 4.79 Å². The van der Waals surface area contributed by atoms with Gasteiger partial charge in [-0.3, -0.25) is 4.79 Å². The van der Waals surface area contributed by atoms with Crippen LogP contribution in [0.2, 0.25) is 0 Å². The van der Waals surface area contributed by atoms with Crippen LogP contribution < -0.4 is 0 Å². The summed E-state index contributed by atoms with van der Waals surface area (Å²) in [5.74, 6) is 0. The lowest BCUT2D eigenvalue weighted by Gasteiger charge is -1.96. The Kier molecular flexibility index (Phi) is 3.13. The first kappa shape index (κ1) is 10.3.